The molecule has 0 radical (unpaired) electrons. The van der Waals surface area contributed by atoms with Crippen LogP contribution in [0.4, 0.5) is 0 Å². The molecule has 1 N–H and O–H groups in total. The van der Waals surface area contributed by atoms with Gasteiger partial charge in [0.2, 0.25) is 0 Å². The number of hydrogen-bond acceptors (Lipinski definition) is 3. The molecule has 82 valence electrons. The summed E-state index contributed by atoms with van der Waals surface area (Å²) >= 11 is 0. The highest BCUT2D eigenvalue weighted by molar-refractivity contribution is 4.82. The minimum Gasteiger partial charge on any atom is -0.513 e. The van der Waals surface area contributed by atoms with Crippen LogP contribution in [0.5, 0.6) is 0 Å². The summed E-state index contributed by atoms with van der Waals surface area (Å²) in [5.41, 5.74) is 0. The van der Waals surface area contributed by atoms with Gasteiger partial charge in [-0.15, -0.1) is 0 Å². The van der Waals surface area contributed by atoms with Crippen LogP contribution in [0.2, 0.25) is 0 Å². The highest BCUT2D eigenvalue weighted by Gasteiger charge is 2.21. The molecule has 0 amide bonds. The van der Waals surface area contributed by atoms with Gasteiger partial charge in [-0.05, 0) is 20.3 Å². The first-order valence-electron chi connectivity index (χ1n) is 5.32. The number of nitrogens with zero attached hydrogens (tertiary/aromatic N) is 1. The van der Waals surface area contributed by atoms with E-state index in [4.69, 9.17) is 9.84 Å². The summed E-state index contributed by atoms with van der Waals surface area (Å²) in [6, 6.07) is 0.582. The molecule has 1 fully saturated rings. The molecule has 0 aromatic rings. The number of rotatable bonds is 4. The van der Waals surface area contributed by atoms with E-state index in [2.05, 4.69) is 25.3 Å². The second kappa shape index (κ2) is 5.37. The maximum absolute atomic E-state index is 8.99. The zero-order chi connectivity index (χ0) is 10.6. The molecule has 1 atom stereocenters. The highest BCUT2D eigenvalue weighted by Crippen LogP contribution is 2.14. The maximum Gasteiger partial charge on any atom is 0.0852 e. The topological polar surface area (TPSA) is 32.7 Å². The average Bonchev–Trinajstić information content (AvgIpc) is 2.15. The van der Waals surface area contributed by atoms with Gasteiger partial charge in [-0.25, -0.2) is 0 Å². The summed E-state index contributed by atoms with van der Waals surface area (Å²) in [5, 5.41) is 8.99. The van der Waals surface area contributed by atoms with E-state index in [1.807, 2.05) is 0 Å². The number of allylic oxidation sites excluding steroid dienone is 1. The van der Waals surface area contributed by atoms with Gasteiger partial charge >= 0.3 is 0 Å². The fraction of sp³-hybridized carbons (Fsp3) is 0.818. The molecule has 1 aliphatic heterocycles. The normalized spacial score (nSPS) is 24.1. The quantitative estimate of drug-likeness (QED) is 0.702. The molecule has 1 aliphatic rings. The largest absolute Gasteiger partial charge is 0.513 e. The second-order valence-corrected chi connectivity index (χ2v) is 4.19. The predicted octanol–water partition coefficient (Wildman–Crippen LogP) is 1.95. The van der Waals surface area contributed by atoms with Gasteiger partial charge in [0.05, 0.1) is 18.5 Å². The van der Waals surface area contributed by atoms with Crippen LogP contribution in [0.1, 0.15) is 26.7 Å². The van der Waals surface area contributed by atoms with E-state index in [0.29, 0.717) is 12.5 Å². The van der Waals surface area contributed by atoms with Gasteiger partial charge in [0.25, 0.3) is 0 Å². The van der Waals surface area contributed by atoms with Crippen molar-refractivity contribution in [3.8, 4) is 0 Å². The Labute approximate surface area is 86.4 Å². The van der Waals surface area contributed by atoms with Crippen molar-refractivity contribution in [3.63, 3.8) is 0 Å². The van der Waals surface area contributed by atoms with Crippen molar-refractivity contribution in [2.75, 3.05) is 19.7 Å². The van der Waals surface area contributed by atoms with E-state index in [-0.39, 0.29) is 11.9 Å². The Bertz CT molecular complexity index is 192. The predicted molar refractivity (Wildman–Crippen MR) is 57.5 cm³/mol. The van der Waals surface area contributed by atoms with Gasteiger partial charge in [-0.1, -0.05) is 6.58 Å². The first-order valence-corrected chi connectivity index (χ1v) is 5.32. The van der Waals surface area contributed by atoms with Crippen molar-refractivity contribution in [3.05, 3.63) is 12.3 Å². The van der Waals surface area contributed by atoms with Crippen LogP contribution in [-0.2, 0) is 4.74 Å². The van der Waals surface area contributed by atoms with Crippen molar-refractivity contribution in [2.24, 2.45) is 0 Å². The lowest BCUT2D eigenvalue weighted by molar-refractivity contribution is -0.0424. The molecule has 0 saturated carbocycles. The van der Waals surface area contributed by atoms with Gasteiger partial charge in [-0.2, -0.15) is 0 Å². The Morgan fingerprint density at radius 2 is 2.36 bits per heavy atom. The van der Waals surface area contributed by atoms with Gasteiger partial charge in [0.15, 0.2) is 0 Å². The summed E-state index contributed by atoms with van der Waals surface area (Å²) < 4.78 is 5.61. The lowest BCUT2D eigenvalue weighted by Crippen LogP contribution is -2.45. The lowest BCUT2D eigenvalue weighted by atomic mass is 10.1. The third-order valence-corrected chi connectivity index (χ3v) is 2.66. The van der Waals surface area contributed by atoms with E-state index in [0.717, 1.165) is 26.1 Å². The first kappa shape index (κ1) is 11.5. The molecule has 14 heavy (non-hydrogen) atoms. The first-order chi connectivity index (χ1) is 6.59. The molecule has 0 aliphatic carbocycles. The van der Waals surface area contributed by atoms with Crippen LogP contribution in [0.25, 0.3) is 0 Å². The van der Waals surface area contributed by atoms with Crippen LogP contribution in [0, 0.1) is 0 Å². The van der Waals surface area contributed by atoms with Gasteiger partial charge < -0.3 is 9.84 Å². The fourth-order valence-corrected chi connectivity index (χ4v) is 1.71. The van der Waals surface area contributed by atoms with E-state index in [1.165, 1.54) is 0 Å². The summed E-state index contributed by atoms with van der Waals surface area (Å²) in [5.74, 6) is 0.260. The van der Waals surface area contributed by atoms with Gasteiger partial charge in [-0.3, -0.25) is 4.90 Å². The van der Waals surface area contributed by atoms with Crippen molar-refractivity contribution in [1.82, 2.24) is 4.90 Å². The maximum atomic E-state index is 8.99. The van der Waals surface area contributed by atoms with Crippen LogP contribution < -0.4 is 0 Å². The summed E-state index contributed by atoms with van der Waals surface area (Å²) in [7, 11) is 0. The molecule has 1 saturated heterocycles. The zero-order valence-electron chi connectivity index (χ0n) is 9.20. The summed E-state index contributed by atoms with van der Waals surface area (Å²) in [6.07, 6.45) is 1.78. The molecule has 3 heteroatoms. The lowest BCUT2D eigenvalue weighted by Gasteiger charge is -2.35. The smallest absolute Gasteiger partial charge is 0.0852 e. The third kappa shape index (κ3) is 3.68. The third-order valence-electron chi connectivity index (χ3n) is 2.66. The van der Waals surface area contributed by atoms with Crippen LogP contribution >= 0.6 is 0 Å². The Hall–Kier alpha value is -0.540. The molecule has 0 aromatic heterocycles. The molecule has 0 aromatic carbocycles. The monoisotopic (exact) mass is 199 g/mol. The van der Waals surface area contributed by atoms with Gasteiger partial charge in [0.1, 0.15) is 0 Å². The van der Waals surface area contributed by atoms with Crippen LogP contribution in [-0.4, -0.2) is 41.8 Å². The number of hydrogen-bond donors (Lipinski definition) is 1. The number of ether oxygens (including phenoxy) is 1. The van der Waals surface area contributed by atoms with Crippen molar-refractivity contribution in [1.29, 1.82) is 0 Å². The standard InChI is InChI=1S/C11H21NO2/c1-9(2)12-6-7-14-11(8-12)5-4-10(3)13/h9,11,13H,3-8H2,1-2H3/t11-/m1/s1. The van der Waals surface area contributed by atoms with Crippen molar-refractivity contribution >= 4 is 0 Å². The summed E-state index contributed by atoms with van der Waals surface area (Å²) in [4.78, 5) is 2.41. The number of aliphatic hydroxyl groups is 1. The molecule has 1 heterocycles. The van der Waals surface area contributed by atoms with E-state index < -0.39 is 0 Å². The molecule has 0 bridgehead atoms. The van der Waals surface area contributed by atoms with E-state index in [9.17, 15) is 0 Å². The second-order valence-electron chi connectivity index (χ2n) is 4.19. The number of morpholine rings is 1. The van der Waals surface area contributed by atoms with Crippen molar-refractivity contribution in [2.45, 2.75) is 38.8 Å². The fourth-order valence-electron chi connectivity index (χ4n) is 1.71. The van der Waals surface area contributed by atoms with Gasteiger partial charge in [0, 0.05) is 25.6 Å². The Balaban J connectivity index is 2.29. The molecule has 0 spiro atoms. The Morgan fingerprint density at radius 1 is 1.64 bits per heavy atom. The minimum absolute atomic E-state index is 0.259. The van der Waals surface area contributed by atoms with Crippen LogP contribution in [0.3, 0.4) is 0 Å². The zero-order valence-corrected chi connectivity index (χ0v) is 9.20. The van der Waals surface area contributed by atoms with E-state index >= 15 is 0 Å². The Kier molecular flexibility index (Phi) is 4.42. The minimum atomic E-state index is 0.259. The average molecular weight is 199 g/mol. The molecule has 1 rings (SSSR count). The Morgan fingerprint density at radius 3 is 2.93 bits per heavy atom. The van der Waals surface area contributed by atoms with E-state index in [1.54, 1.807) is 0 Å². The number of aliphatic hydroxyl groups excluding tert-OH is 1. The molecule has 0 unspecified atom stereocenters. The van der Waals surface area contributed by atoms with Crippen LogP contribution in [0.15, 0.2) is 12.3 Å². The molecular formula is C11H21NO2. The highest BCUT2D eigenvalue weighted by atomic mass is 16.5. The molecular weight excluding hydrogens is 178 g/mol. The van der Waals surface area contributed by atoms with Crippen molar-refractivity contribution < 1.29 is 9.84 Å². The molecule has 3 nitrogen and oxygen atoms in total. The SMILES string of the molecule is C=C(O)CC[C@@H]1CN(C(C)C)CCO1. The summed E-state index contributed by atoms with van der Waals surface area (Å²) in [6.45, 7) is 10.7.